The third-order valence-corrected chi connectivity index (χ3v) is 4.55. The minimum Gasteiger partial charge on any atom is -0.494 e. The van der Waals surface area contributed by atoms with Crippen LogP contribution < -0.4 is 15.4 Å². The molecule has 2 N–H and O–H groups in total. The van der Waals surface area contributed by atoms with Gasteiger partial charge in [0.05, 0.1) is 18.4 Å². The van der Waals surface area contributed by atoms with Crippen molar-refractivity contribution in [3.8, 4) is 17.1 Å². The highest BCUT2D eigenvalue weighted by Gasteiger charge is 2.18. The van der Waals surface area contributed by atoms with E-state index in [1.165, 1.54) is 6.33 Å². The van der Waals surface area contributed by atoms with Gasteiger partial charge in [0.1, 0.15) is 35.9 Å². The SMILES string of the molecule is COc1c(Nc2cc(Nc3cc(C)nc(C)n3)ncn2)ccc(C)c1-c1ncn(C)n1. The molecule has 0 unspecified atom stereocenters. The van der Waals surface area contributed by atoms with Crippen LogP contribution in [-0.2, 0) is 7.05 Å². The number of nitrogens with one attached hydrogen (secondary N) is 2. The maximum atomic E-state index is 5.72. The molecule has 0 spiro atoms. The molecule has 0 fully saturated rings. The Morgan fingerprint density at radius 3 is 2.35 bits per heavy atom. The lowest BCUT2D eigenvalue weighted by molar-refractivity contribution is 0.418. The van der Waals surface area contributed by atoms with Gasteiger partial charge in [-0.15, -0.1) is 0 Å². The van der Waals surface area contributed by atoms with E-state index in [0.717, 1.165) is 22.5 Å². The number of anilines is 4. The minimum atomic E-state index is 0.597. The Labute approximate surface area is 179 Å². The van der Waals surface area contributed by atoms with Crippen LogP contribution in [0.2, 0.25) is 0 Å². The van der Waals surface area contributed by atoms with Gasteiger partial charge >= 0.3 is 0 Å². The number of rotatable bonds is 6. The number of benzene rings is 1. The fourth-order valence-electron chi connectivity index (χ4n) is 3.27. The van der Waals surface area contributed by atoms with E-state index >= 15 is 0 Å². The van der Waals surface area contributed by atoms with E-state index in [9.17, 15) is 0 Å². The largest absolute Gasteiger partial charge is 0.494 e. The zero-order valence-electron chi connectivity index (χ0n) is 18.0. The molecule has 0 saturated carbocycles. The van der Waals surface area contributed by atoms with Gasteiger partial charge in [-0.1, -0.05) is 6.07 Å². The summed E-state index contributed by atoms with van der Waals surface area (Å²) in [5.74, 6) is 3.80. The topological polar surface area (TPSA) is 116 Å². The average molecular weight is 417 g/mol. The van der Waals surface area contributed by atoms with Crippen LogP contribution in [-0.4, -0.2) is 41.8 Å². The smallest absolute Gasteiger partial charge is 0.185 e. The lowest BCUT2D eigenvalue weighted by Crippen LogP contribution is -2.03. The zero-order chi connectivity index (χ0) is 22.0. The maximum Gasteiger partial charge on any atom is 0.185 e. The van der Waals surface area contributed by atoms with Crippen molar-refractivity contribution in [3.63, 3.8) is 0 Å². The average Bonchev–Trinajstić information content (AvgIpc) is 3.14. The summed E-state index contributed by atoms with van der Waals surface area (Å²) in [6, 6.07) is 7.58. The van der Waals surface area contributed by atoms with Crippen LogP contribution in [0.5, 0.6) is 5.75 Å². The molecule has 0 aliphatic heterocycles. The Morgan fingerprint density at radius 1 is 0.903 bits per heavy atom. The summed E-state index contributed by atoms with van der Waals surface area (Å²) in [5, 5.41) is 10.9. The van der Waals surface area contributed by atoms with E-state index in [-0.39, 0.29) is 0 Å². The summed E-state index contributed by atoms with van der Waals surface area (Å²) in [5.41, 5.74) is 3.46. The fraction of sp³-hybridized carbons (Fsp3) is 0.238. The molecule has 0 aliphatic rings. The second-order valence-corrected chi connectivity index (χ2v) is 7.06. The summed E-state index contributed by atoms with van der Waals surface area (Å²) in [4.78, 5) is 21.7. The first kappa shape index (κ1) is 20.2. The van der Waals surface area contributed by atoms with Gasteiger partial charge in [-0.2, -0.15) is 5.10 Å². The molecule has 0 radical (unpaired) electrons. The van der Waals surface area contributed by atoms with Crippen LogP contribution in [0.4, 0.5) is 23.1 Å². The molecular weight excluding hydrogens is 394 g/mol. The highest BCUT2D eigenvalue weighted by atomic mass is 16.5. The second kappa shape index (κ2) is 8.34. The Kier molecular flexibility index (Phi) is 5.44. The van der Waals surface area contributed by atoms with Crippen LogP contribution >= 0.6 is 0 Å². The molecule has 158 valence electrons. The first-order valence-corrected chi connectivity index (χ1v) is 9.65. The van der Waals surface area contributed by atoms with Gasteiger partial charge < -0.3 is 15.4 Å². The molecule has 10 nitrogen and oxygen atoms in total. The first-order chi connectivity index (χ1) is 14.9. The highest BCUT2D eigenvalue weighted by Crippen LogP contribution is 2.38. The molecule has 4 rings (SSSR count). The molecule has 0 aliphatic carbocycles. The second-order valence-electron chi connectivity index (χ2n) is 7.06. The normalized spacial score (nSPS) is 10.7. The van der Waals surface area contributed by atoms with Gasteiger partial charge in [0.25, 0.3) is 0 Å². The van der Waals surface area contributed by atoms with E-state index in [2.05, 4.69) is 40.7 Å². The quantitative estimate of drug-likeness (QED) is 0.486. The molecule has 31 heavy (non-hydrogen) atoms. The molecular formula is C21H23N9O. The monoisotopic (exact) mass is 417 g/mol. The third-order valence-electron chi connectivity index (χ3n) is 4.55. The van der Waals surface area contributed by atoms with E-state index in [1.807, 2.05) is 46.0 Å². The van der Waals surface area contributed by atoms with Crippen LogP contribution in [0.1, 0.15) is 17.1 Å². The van der Waals surface area contributed by atoms with Gasteiger partial charge in [0.2, 0.25) is 0 Å². The Balaban J connectivity index is 1.64. The van der Waals surface area contributed by atoms with Crippen LogP contribution in [0.15, 0.2) is 36.9 Å². The van der Waals surface area contributed by atoms with Crippen molar-refractivity contribution in [1.82, 2.24) is 34.7 Å². The van der Waals surface area contributed by atoms with E-state index in [1.54, 1.807) is 24.2 Å². The molecule has 0 amide bonds. The van der Waals surface area contributed by atoms with Crippen molar-refractivity contribution in [2.75, 3.05) is 17.7 Å². The van der Waals surface area contributed by atoms with Crippen molar-refractivity contribution in [3.05, 3.63) is 54.0 Å². The Hall–Kier alpha value is -4.08. The van der Waals surface area contributed by atoms with Gasteiger partial charge in [-0.25, -0.2) is 24.9 Å². The molecule has 3 aromatic heterocycles. The van der Waals surface area contributed by atoms with E-state index < -0.39 is 0 Å². The van der Waals surface area contributed by atoms with Crippen molar-refractivity contribution < 1.29 is 4.74 Å². The summed E-state index contributed by atoms with van der Waals surface area (Å²) >= 11 is 0. The van der Waals surface area contributed by atoms with E-state index in [0.29, 0.717) is 34.9 Å². The first-order valence-electron chi connectivity index (χ1n) is 9.65. The molecule has 4 aromatic rings. The third kappa shape index (κ3) is 4.42. The van der Waals surface area contributed by atoms with Gasteiger partial charge in [-0.3, -0.25) is 4.68 Å². The number of methoxy groups -OCH3 is 1. The molecule has 0 bridgehead atoms. The number of hydrogen-bond acceptors (Lipinski definition) is 9. The van der Waals surface area contributed by atoms with E-state index in [4.69, 9.17) is 4.74 Å². The number of nitrogens with zero attached hydrogens (tertiary/aromatic N) is 7. The molecule has 0 atom stereocenters. The van der Waals surface area contributed by atoms with Crippen LogP contribution in [0, 0.1) is 20.8 Å². The van der Waals surface area contributed by atoms with Crippen molar-refractivity contribution in [2.24, 2.45) is 7.05 Å². The van der Waals surface area contributed by atoms with Gasteiger partial charge in [-0.05, 0) is 32.4 Å². The molecule has 0 saturated heterocycles. The van der Waals surface area contributed by atoms with Gasteiger partial charge in [0.15, 0.2) is 11.6 Å². The predicted octanol–water partition coefficient (Wildman–Crippen LogP) is 3.48. The summed E-state index contributed by atoms with van der Waals surface area (Å²) in [6.07, 6.45) is 3.14. The lowest BCUT2D eigenvalue weighted by atomic mass is 10.1. The Morgan fingerprint density at radius 2 is 1.68 bits per heavy atom. The maximum absolute atomic E-state index is 5.72. The summed E-state index contributed by atoms with van der Waals surface area (Å²) in [6.45, 7) is 5.77. The lowest BCUT2D eigenvalue weighted by Gasteiger charge is -2.16. The number of aryl methyl sites for hydroxylation is 4. The van der Waals surface area contributed by atoms with Crippen LogP contribution in [0.25, 0.3) is 11.4 Å². The highest BCUT2D eigenvalue weighted by molar-refractivity contribution is 5.79. The fourth-order valence-corrected chi connectivity index (χ4v) is 3.27. The molecule has 3 heterocycles. The number of ether oxygens (including phenoxy) is 1. The zero-order valence-corrected chi connectivity index (χ0v) is 18.0. The predicted molar refractivity (Wildman–Crippen MR) is 118 cm³/mol. The summed E-state index contributed by atoms with van der Waals surface area (Å²) in [7, 11) is 3.45. The molecule has 1 aromatic carbocycles. The molecule has 10 heteroatoms. The van der Waals surface area contributed by atoms with Gasteiger partial charge in [0, 0.05) is 24.9 Å². The summed E-state index contributed by atoms with van der Waals surface area (Å²) < 4.78 is 7.38. The Bertz CT molecular complexity index is 1220. The standard InChI is InChI=1S/C21H23N9O/c1-12-6-7-15(20(31-5)19(12)21-24-11-30(4)29-21)27-16-9-17(23-10-22-16)28-18-8-13(2)25-14(3)26-18/h6-11H,1-5H3,(H2,22,23,25,26,27,28). The number of hydrogen-bond donors (Lipinski definition) is 2. The number of aromatic nitrogens is 7. The minimum absolute atomic E-state index is 0.597. The van der Waals surface area contributed by atoms with Crippen molar-refractivity contribution >= 4 is 23.1 Å². The van der Waals surface area contributed by atoms with Crippen LogP contribution in [0.3, 0.4) is 0 Å². The van der Waals surface area contributed by atoms with Crippen molar-refractivity contribution in [1.29, 1.82) is 0 Å². The van der Waals surface area contributed by atoms with Crippen molar-refractivity contribution in [2.45, 2.75) is 20.8 Å².